The lowest BCUT2D eigenvalue weighted by Gasteiger charge is -2.18. The topological polar surface area (TPSA) is 64.2 Å². The fourth-order valence-electron chi connectivity index (χ4n) is 2.63. The smallest absolute Gasteiger partial charge is 0.224 e. The van der Waals surface area contributed by atoms with Crippen LogP contribution in [0.3, 0.4) is 0 Å². The van der Waals surface area contributed by atoms with Crippen LogP contribution in [0.5, 0.6) is 0 Å². The van der Waals surface area contributed by atoms with Crippen LogP contribution in [0, 0.1) is 0 Å². The van der Waals surface area contributed by atoms with Crippen molar-refractivity contribution >= 4 is 17.2 Å². The lowest BCUT2D eigenvalue weighted by atomic mass is 10.2. The van der Waals surface area contributed by atoms with Crippen molar-refractivity contribution in [1.82, 2.24) is 14.7 Å². The van der Waals surface area contributed by atoms with Crippen molar-refractivity contribution in [1.29, 1.82) is 0 Å². The number of thiophene rings is 1. The van der Waals surface area contributed by atoms with Crippen LogP contribution >= 0.6 is 11.3 Å². The molecule has 0 radical (unpaired) electrons. The molecule has 1 aromatic carbocycles. The van der Waals surface area contributed by atoms with Gasteiger partial charge in [-0.15, -0.1) is 11.3 Å². The number of para-hydroxylation sites is 1. The van der Waals surface area contributed by atoms with Gasteiger partial charge in [0.1, 0.15) is 5.69 Å². The van der Waals surface area contributed by atoms with E-state index in [4.69, 9.17) is 10.8 Å². The van der Waals surface area contributed by atoms with Crippen molar-refractivity contribution in [2.45, 2.75) is 25.9 Å². The number of carbonyl (C=O) groups excluding carboxylic acids is 1. The fourth-order valence-corrected chi connectivity index (χ4v) is 3.38. The highest BCUT2D eigenvalue weighted by Crippen LogP contribution is 2.28. The molecule has 1 unspecified atom stereocenters. The van der Waals surface area contributed by atoms with Gasteiger partial charge in [0.15, 0.2) is 0 Å². The molecule has 1 atom stereocenters. The first-order valence-corrected chi connectivity index (χ1v) is 9.10. The van der Waals surface area contributed by atoms with Gasteiger partial charge < -0.3 is 10.6 Å². The molecule has 0 saturated heterocycles. The Morgan fingerprint density at radius 1 is 1.28 bits per heavy atom. The Morgan fingerprint density at radius 3 is 2.68 bits per heavy atom. The molecule has 130 valence electrons. The van der Waals surface area contributed by atoms with E-state index < -0.39 is 0 Å². The predicted molar refractivity (Wildman–Crippen MR) is 102 cm³/mol. The molecule has 0 aliphatic rings. The van der Waals surface area contributed by atoms with Crippen molar-refractivity contribution in [2.75, 3.05) is 7.05 Å². The van der Waals surface area contributed by atoms with Crippen LogP contribution < -0.4 is 5.73 Å². The second-order valence-corrected chi connectivity index (χ2v) is 7.14. The maximum Gasteiger partial charge on any atom is 0.224 e. The van der Waals surface area contributed by atoms with E-state index in [0.29, 0.717) is 13.0 Å². The molecule has 3 rings (SSSR count). The lowest BCUT2D eigenvalue weighted by molar-refractivity contribution is -0.130. The summed E-state index contributed by atoms with van der Waals surface area (Å²) in [5.74, 6) is 0.0413. The maximum atomic E-state index is 12.3. The molecule has 6 heteroatoms. The Kier molecular flexibility index (Phi) is 5.31. The second kappa shape index (κ2) is 7.63. The van der Waals surface area contributed by atoms with Crippen LogP contribution in [-0.4, -0.2) is 33.7 Å². The number of rotatable bonds is 6. The first-order valence-electron chi connectivity index (χ1n) is 8.22. The third-order valence-electron chi connectivity index (χ3n) is 3.90. The van der Waals surface area contributed by atoms with Gasteiger partial charge in [-0.1, -0.05) is 24.3 Å². The molecule has 0 spiro atoms. The zero-order valence-corrected chi connectivity index (χ0v) is 15.2. The first-order chi connectivity index (χ1) is 12.0. The van der Waals surface area contributed by atoms with E-state index >= 15 is 0 Å². The average Bonchev–Trinajstić information content (AvgIpc) is 3.24. The van der Waals surface area contributed by atoms with Crippen LogP contribution in [0.2, 0.25) is 0 Å². The molecule has 3 aromatic rings. The monoisotopic (exact) mass is 354 g/mol. The van der Waals surface area contributed by atoms with Gasteiger partial charge in [0.05, 0.1) is 10.6 Å². The molecular weight excluding hydrogens is 332 g/mol. The largest absolute Gasteiger partial charge is 0.341 e. The second-order valence-electron chi connectivity index (χ2n) is 6.19. The summed E-state index contributed by atoms with van der Waals surface area (Å²) in [4.78, 5) is 15.1. The average molecular weight is 354 g/mol. The number of aromatic nitrogens is 2. The molecule has 0 aliphatic heterocycles. The van der Waals surface area contributed by atoms with Crippen LogP contribution in [0.1, 0.15) is 18.9 Å². The zero-order chi connectivity index (χ0) is 17.8. The summed E-state index contributed by atoms with van der Waals surface area (Å²) in [6.07, 6.45) is 2.34. The summed E-state index contributed by atoms with van der Waals surface area (Å²) in [5, 5.41) is 6.79. The molecule has 1 amide bonds. The number of nitrogens with zero attached hydrogens (tertiary/aromatic N) is 3. The van der Waals surface area contributed by atoms with Gasteiger partial charge in [0, 0.05) is 37.8 Å². The van der Waals surface area contributed by atoms with E-state index in [-0.39, 0.29) is 11.9 Å². The van der Waals surface area contributed by atoms with E-state index in [0.717, 1.165) is 21.8 Å². The van der Waals surface area contributed by atoms with Crippen molar-refractivity contribution < 1.29 is 4.79 Å². The van der Waals surface area contributed by atoms with Crippen LogP contribution in [-0.2, 0) is 11.3 Å². The predicted octanol–water partition coefficient (Wildman–Crippen LogP) is 3.30. The normalized spacial score (nSPS) is 12.1. The van der Waals surface area contributed by atoms with Crippen LogP contribution in [0.25, 0.3) is 16.3 Å². The molecule has 0 aliphatic carbocycles. The summed E-state index contributed by atoms with van der Waals surface area (Å²) in [6.45, 7) is 2.35. The highest BCUT2D eigenvalue weighted by molar-refractivity contribution is 7.13. The molecule has 2 aromatic heterocycles. The minimum atomic E-state index is -0.140. The third kappa shape index (κ3) is 4.15. The molecule has 0 bridgehead atoms. The van der Waals surface area contributed by atoms with E-state index in [2.05, 4.69) is 6.07 Å². The molecule has 25 heavy (non-hydrogen) atoms. The summed E-state index contributed by atoms with van der Waals surface area (Å²) >= 11 is 1.65. The van der Waals surface area contributed by atoms with Crippen LogP contribution in [0.15, 0.2) is 54.0 Å². The van der Waals surface area contributed by atoms with Crippen molar-refractivity contribution in [2.24, 2.45) is 5.73 Å². The van der Waals surface area contributed by atoms with E-state index in [9.17, 15) is 4.79 Å². The maximum absolute atomic E-state index is 12.3. The van der Waals surface area contributed by atoms with Gasteiger partial charge in [-0.05, 0) is 30.5 Å². The summed E-state index contributed by atoms with van der Waals surface area (Å²) in [7, 11) is 1.81. The Hall–Kier alpha value is -2.44. The Morgan fingerprint density at radius 2 is 2.04 bits per heavy atom. The molecule has 0 fully saturated rings. The molecule has 2 N–H and O–H groups in total. The molecule has 0 saturated carbocycles. The molecular formula is C19H22N4OS. The molecule has 5 nitrogen and oxygen atoms in total. The Labute approximate surface area is 151 Å². The van der Waals surface area contributed by atoms with Crippen molar-refractivity contribution in [3.63, 3.8) is 0 Å². The van der Waals surface area contributed by atoms with E-state index in [1.165, 1.54) is 0 Å². The van der Waals surface area contributed by atoms with Crippen molar-refractivity contribution in [3.05, 3.63) is 59.6 Å². The summed E-state index contributed by atoms with van der Waals surface area (Å²) < 4.78 is 1.87. The minimum absolute atomic E-state index is 0.0413. The standard InChI is InChI=1S/C19H22N4OS/c1-14(20)11-18(24)22(2)12-15-13-23(16-7-4-3-5-8-16)21-19(15)17-9-6-10-25-17/h3-10,13-14H,11-12,20H2,1-2H3. The fraction of sp³-hybridized carbons (Fsp3) is 0.263. The van der Waals surface area contributed by atoms with Gasteiger partial charge in [-0.3, -0.25) is 4.79 Å². The quantitative estimate of drug-likeness (QED) is 0.739. The van der Waals surface area contributed by atoms with Gasteiger partial charge in [-0.2, -0.15) is 5.10 Å². The van der Waals surface area contributed by atoms with Gasteiger partial charge in [0.2, 0.25) is 5.91 Å². The summed E-state index contributed by atoms with van der Waals surface area (Å²) in [5.41, 5.74) is 8.68. The van der Waals surface area contributed by atoms with Crippen LogP contribution in [0.4, 0.5) is 0 Å². The highest BCUT2D eigenvalue weighted by atomic mass is 32.1. The minimum Gasteiger partial charge on any atom is -0.341 e. The SMILES string of the molecule is CC(N)CC(=O)N(C)Cc1cn(-c2ccccc2)nc1-c1cccs1. The van der Waals surface area contributed by atoms with Gasteiger partial charge in [0.25, 0.3) is 0 Å². The van der Waals surface area contributed by atoms with Gasteiger partial charge in [-0.25, -0.2) is 4.68 Å². The van der Waals surface area contributed by atoms with Crippen molar-refractivity contribution in [3.8, 4) is 16.3 Å². The third-order valence-corrected chi connectivity index (χ3v) is 4.77. The number of nitrogens with two attached hydrogens (primary N) is 1. The zero-order valence-electron chi connectivity index (χ0n) is 14.4. The number of benzene rings is 1. The Balaban J connectivity index is 1.92. The first kappa shape index (κ1) is 17.4. The number of carbonyl (C=O) groups is 1. The Bertz CT molecular complexity index is 824. The number of hydrogen-bond donors (Lipinski definition) is 1. The number of amides is 1. The van der Waals surface area contributed by atoms with Gasteiger partial charge >= 0.3 is 0 Å². The van der Waals surface area contributed by atoms with E-state index in [1.54, 1.807) is 16.2 Å². The summed E-state index contributed by atoms with van der Waals surface area (Å²) in [6, 6.07) is 13.9. The van der Waals surface area contributed by atoms with E-state index in [1.807, 2.05) is 66.6 Å². The highest BCUT2D eigenvalue weighted by Gasteiger charge is 2.18. The number of hydrogen-bond acceptors (Lipinski definition) is 4. The molecule has 2 heterocycles. The lowest BCUT2D eigenvalue weighted by Crippen LogP contribution is -2.31.